The van der Waals surface area contributed by atoms with E-state index in [2.05, 4.69) is 24.2 Å². The lowest BCUT2D eigenvalue weighted by Crippen LogP contribution is -2.33. The Morgan fingerprint density at radius 1 is 1.36 bits per heavy atom. The van der Waals surface area contributed by atoms with Crippen LogP contribution in [0.2, 0.25) is 0 Å². The molecule has 1 aromatic rings. The van der Waals surface area contributed by atoms with Crippen molar-refractivity contribution in [1.82, 2.24) is 10.3 Å². The number of guanidine groups is 1. The summed E-state index contributed by atoms with van der Waals surface area (Å²) in [5, 5.41) is 4.45. The average molecular weight is 436 g/mol. The SMILES string of the molecule is CC(C)CCNC(N)=NCCCc1nc2c(s1)CCCC2.I. The van der Waals surface area contributed by atoms with E-state index in [0.717, 1.165) is 32.4 Å². The molecule has 0 spiro atoms. The number of hydrogen-bond acceptors (Lipinski definition) is 3. The number of thiazole rings is 1. The van der Waals surface area contributed by atoms with E-state index in [9.17, 15) is 0 Å². The Morgan fingerprint density at radius 3 is 2.86 bits per heavy atom. The van der Waals surface area contributed by atoms with E-state index in [0.29, 0.717) is 11.9 Å². The van der Waals surface area contributed by atoms with Gasteiger partial charge in [0.05, 0.1) is 10.7 Å². The summed E-state index contributed by atoms with van der Waals surface area (Å²) in [6.45, 7) is 6.11. The molecule has 22 heavy (non-hydrogen) atoms. The number of nitrogens with two attached hydrogens (primary N) is 1. The van der Waals surface area contributed by atoms with E-state index >= 15 is 0 Å². The lowest BCUT2D eigenvalue weighted by Gasteiger charge is -2.07. The zero-order chi connectivity index (χ0) is 15.1. The lowest BCUT2D eigenvalue weighted by atomic mass is 10.0. The van der Waals surface area contributed by atoms with E-state index in [-0.39, 0.29) is 24.0 Å². The van der Waals surface area contributed by atoms with Crippen LogP contribution in [0.1, 0.15) is 55.1 Å². The van der Waals surface area contributed by atoms with Gasteiger partial charge in [-0.2, -0.15) is 0 Å². The number of fused-ring (bicyclic) bond motifs is 1. The van der Waals surface area contributed by atoms with Crippen LogP contribution in [-0.2, 0) is 19.3 Å². The molecule has 0 radical (unpaired) electrons. The Morgan fingerprint density at radius 2 is 2.14 bits per heavy atom. The molecule has 4 nitrogen and oxygen atoms in total. The third kappa shape index (κ3) is 6.81. The first-order valence-electron chi connectivity index (χ1n) is 8.16. The van der Waals surface area contributed by atoms with Crippen molar-refractivity contribution in [3.05, 3.63) is 15.6 Å². The van der Waals surface area contributed by atoms with Gasteiger partial charge in [-0.15, -0.1) is 35.3 Å². The number of aryl methyl sites for hydroxylation is 3. The molecule has 0 bridgehead atoms. The number of halogens is 1. The molecule has 0 aromatic carbocycles. The third-order valence-electron chi connectivity index (χ3n) is 3.75. The fourth-order valence-electron chi connectivity index (χ4n) is 2.49. The van der Waals surface area contributed by atoms with E-state index < -0.39 is 0 Å². The Labute approximate surface area is 155 Å². The molecular formula is C16H29IN4S. The standard InChI is InChI=1S/C16H28N4S.HI/c1-12(2)9-11-19-16(17)18-10-5-8-15-20-13-6-3-4-7-14(13)21-15;/h12H,3-11H2,1-2H3,(H3,17,18,19);1H. The summed E-state index contributed by atoms with van der Waals surface area (Å²) in [5.41, 5.74) is 7.21. The first-order chi connectivity index (χ1) is 10.1. The molecule has 2 rings (SSSR count). The van der Waals surface area contributed by atoms with Gasteiger partial charge in [-0.1, -0.05) is 13.8 Å². The van der Waals surface area contributed by atoms with E-state index in [1.807, 2.05) is 11.3 Å². The molecule has 0 atom stereocenters. The number of rotatable bonds is 7. The first kappa shape index (κ1) is 19.7. The van der Waals surface area contributed by atoms with Crippen molar-refractivity contribution in [3.8, 4) is 0 Å². The largest absolute Gasteiger partial charge is 0.370 e. The molecular weight excluding hydrogens is 407 g/mol. The van der Waals surface area contributed by atoms with Gasteiger partial charge in [0.2, 0.25) is 0 Å². The maximum absolute atomic E-state index is 5.84. The third-order valence-corrected chi connectivity index (χ3v) is 4.97. The van der Waals surface area contributed by atoms with Crippen molar-refractivity contribution < 1.29 is 0 Å². The van der Waals surface area contributed by atoms with Crippen LogP contribution >= 0.6 is 35.3 Å². The zero-order valence-corrected chi connectivity index (χ0v) is 16.9. The molecule has 1 aromatic heterocycles. The van der Waals surface area contributed by atoms with Crippen molar-refractivity contribution in [2.45, 2.75) is 58.8 Å². The maximum atomic E-state index is 5.84. The quantitative estimate of drug-likeness (QED) is 0.298. The molecule has 3 N–H and O–H groups in total. The van der Waals surface area contributed by atoms with Crippen molar-refractivity contribution in [1.29, 1.82) is 0 Å². The van der Waals surface area contributed by atoms with Crippen LogP contribution in [0, 0.1) is 5.92 Å². The molecule has 6 heteroatoms. The zero-order valence-electron chi connectivity index (χ0n) is 13.7. The van der Waals surface area contributed by atoms with Crippen LogP contribution in [0.15, 0.2) is 4.99 Å². The Balaban J connectivity index is 0.00000242. The molecule has 1 heterocycles. The van der Waals surface area contributed by atoms with E-state index in [1.165, 1.54) is 41.3 Å². The second-order valence-electron chi connectivity index (χ2n) is 6.16. The summed E-state index contributed by atoms with van der Waals surface area (Å²) in [4.78, 5) is 10.7. The molecule has 126 valence electrons. The first-order valence-corrected chi connectivity index (χ1v) is 8.98. The van der Waals surface area contributed by atoms with Gasteiger partial charge in [0.15, 0.2) is 5.96 Å². The predicted octanol–water partition coefficient (Wildman–Crippen LogP) is 3.52. The lowest BCUT2D eigenvalue weighted by molar-refractivity contribution is 0.576. The fraction of sp³-hybridized carbons (Fsp3) is 0.750. The minimum atomic E-state index is 0. The van der Waals surface area contributed by atoms with Crippen molar-refractivity contribution >= 4 is 41.3 Å². The average Bonchev–Trinajstić information content (AvgIpc) is 2.86. The summed E-state index contributed by atoms with van der Waals surface area (Å²) in [6.07, 6.45) is 8.23. The number of nitrogens with one attached hydrogen (secondary N) is 1. The molecule has 0 aliphatic heterocycles. The second kappa shape index (κ2) is 10.4. The minimum absolute atomic E-state index is 0. The highest BCUT2D eigenvalue weighted by molar-refractivity contribution is 14.0. The molecule has 1 aliphatic carbocycles. The van der Waals surface area contributed by atoms with Crippen LogP contribution in [-0.4, -0.2) is 24.0 Å². The normalized spacial score (nSPS) is 14.6. The van der Waals surface area contributed by atoms with Crippen LogP contribution in [0.25, 0.3) is 0 Å². The van der Waals surface area contributed by atoms with Gasteiger partial charge in [0, 0.05) is 24.4 Å². The highest BCUT2D eigenvalue weighted by Gasteiger charge is 2.14. The highest BCUT2D eigenvalue weighted by Crippen LogP contribution is 2.27. The Kier molecular flexibility index (Phi) is 9.31. The molecule has 1 aliphatic rings. The Bertz CT molecular complexity index is 447. The number of nitrogens with zero attached hydrogens (tertiary/aromatic N) is 2. The van der Waals surface area contributed by atoms with Gasteiger partial charge < -0.3 is 11.1 Å². The number of hydrogen-bond donors (Lipinski definition) is 2. The highest BCUT2D eigenvalue weighted by atomic mass is 127. The molecule has 0 fully saturated rings. The van der Waals surface area contributed by atoms with Crippen LogP contribution < -0.4 is 11.1 Å². The summed E-state index contributed by atoms with van der Waals surface area (Å²) in [5.74, 6) is 1.27. The Hall–Kier alpha value is -0.370. The second-order valence-corrected chi connectivity index (χ2v) is 7.33. The van der Waals surface area contributed by atoms with Gasteiger partial charge in [0.1, 0.15) is 0 Å². The van der Waals surface area contributed by atoms with Gasteiger partial charge in [-0.25, -0.2) is 4.98 Å². The van der Waals surface area contributed by atoms with Gasteiger partial charge in [-0.3, -0.25) is 4.99 Å². The fourth-order valence-corrected chi connectivity index (χ4v) is 3.69. The minimum Gasteiger partial charge on any atom is -0.370 e. The summed E-state index contributed by atoms with van der Waals surface area (Å²) in [7, 11) is 0. The molecule has 0 saturated carbocycles. The predicted molar refractivity (Wildman–Crippen MR) is 106 cm³/mol. The molecule has 0 saturated heterocycles. The smallest absolute Gasteiger partial charge is 0.188 e. The molecule has 0 unspecified atom stereocenters. The van der Waals surface area contributed by atoms with Gasteiger partial charge in [-0.05, 0) is 44.4 Å². The number of aromatic nitrogens is 1. The van der Waals surface area contributed by atoms with E-state index in [1.54, 1.807) is 0 Å². The summed E-state index contributed by atoms with van der Waals surface area (Å²) in [6, 6.07) is 0. The monoisotopic (exact) mass is 436 g/mol. The van der Waals surface area contributed by atoms with Crippen molar-refractivity contribution in [3.63, 3.8) is 0 Å². The summed E-state index contributed by atoms with van der Waals surface area (Å²) >= 11 is 1.90. The van der Waals surface area contributed by atoms with Crippen LogP contribution in [0.3, 0.4) is 0 Å². The van der Waals surface area contributed by atoms with Gasteiger partial charge >= 0.3 is 0 Å². The topological polar surface area (TPSA) is 63.3 Å². The summed E-state index contributed by atoms with van der Waals surface area (Å²) < 4.78 is 0. The van der Waals surface area contributed by atoms with Crippen LogP contribution in [0.5, 0.6) is 0 Å². The molecule has 0 amide bonds. The van der Waals surface area contributed by atoms with Crippen LogP contribution in [0.4, 0.5) is 0 Å². The number of aliphatic imine (C=N–C) groups is 1. The van der Waals surface area contributed by atoms with E-state index in [4.69, 9.17) is 10.7 Å². The van der Waals surface area contributed by atoms with Crippen molar-refractivity contribution in [2.24, 2.45) is 16.6 Å². The van der Waals surface area contributed by atoms with Crippen molar-refractivity contribution in [2.75, 3.05) is 13.1 Å². The van der Waals surface area contributed by atoms with Gasteiger partial charge in [0.25, 0.3) is 0 Å². The maximum Gasteiger partial charge on any atom is 0.188 e.